The van der Waals surface area contributed by atoms with Crippen molar-refractivity contribution in [3.63, 3.8) is 0 Å². The zero-order valence-electron chi connectivity index (χ0n) is 33.7. The van der Waals surface area contributed by atoms with Crippen LogP contribution in [0.4, 0.5) is 18.0 Å². The van der Waals surface area contributed by atoms with Crippen molar-refractivity contribution in [3.05, 3.63) is 36.4 Å². The maximum absolute atomic E-state index is 14.7. The van der Waals surface area contributed by atoms with Gasteiger partial charge < -0.3 is 29.7 Å². The Hall–Kier alpha value is -4.68. The number of sulfonamides is 1. The summed E-state index contributed by atoms with van der Waals surface area (Å²) in [6.45, 7) is 8.74. The number of halogens is 3. The summed E-state index contributed by atoms with van der Waals surface area (Å²) in [6.07, 6.45) is -1.37. The maximum Gasteiger partial charge on any atom is 0.427 e. The van der Waals surface area contributed by atoms with Crippen LogP contribution < -0.4 is 24.8 Å². The van der Waals surface area contributed by atoms with Crippen LogP contribution in [-0.4, -0.2) is 102 Å². The SMILES string of the molecule is CC.COc1nnc(O[C@@H]2C[C@H]3C(=O)N[C@]4(C(=O)NS(=O)(=O)C5CC5)C[C@H]4/C=C\CC[C@@H](C)C[C@@H](C)[C@H](NC(=O)OC(C)(C)C(F)(F)F)C(=O)N3C2)c2ccccc12.[HH].[HH].[HH]. The minimum absolute atomic E-state index is 0. The van der Waals surface area contributed by atoms with E-state index in [1.54, 1.807) is 37.3 Å². The molecule has 1 saturated heterocycles. The summed E-state index contributed by atoms with van der Waals surface area (Å²) in [6, 6.07) is 4.21. The Balaban J connectivity index is 0.00000252. The number of hydrogen-bond donors (Lipinski definition) is 3. The average molecular weight is 845 g/mol. The van der Waals surface area contributed by atoms with Crippen LogP contribution in [0.5, 0.6) is 11.8 Å². The molecule has 3 N–H and O–H groups in total. The van der Waals surface area contributed by atoms with E-state index in [0.29, 0.717) is 56.7 Å². The molecule has 2 aromatic rings. The highest BCUT2D eigenvalue weighted by molar-refractivity contribution is 7.91. The highest BCUT2D eigenvalue weighted by atomic mass is 32.2. The molecule has 58 heavy (non-hydrogen) atoms. The van der Waals surface area contributed by atoms with Crippen molar-refractivity contribution in [1.29, 1.82) is 0 Å². The summed E-state index contributed by atoms with van der Waals surface area (Å²) in [5, 5.41) is 13.8. The van der Waals surface area contributed by atoms with Gasteiger partial charge in [0.25, 0.3) is 5.91 Å². The van der Waals surface area contributed by atoms with E-state index < -0.39 is 86.4 Å². The van der Waals surface area contributed by atoms with Gasteiger partial charge in [0, 0.05) is 16.6 Å². The number of allylic oxidation sites excluding steroid dienone is 1. The molecular weight excluding hydrogens is 786 g/mol. The lowest BCUT2D eigenvalue weighted by molar-refractivity contribution is -0.244. The highest BCUT2D eigenvalue weighted by Crippen LogP contribution is 2.46. The fourth-order valence-electron chi connectivity index (χ4n) is 7.39. The first kappa shape index (κ1) is 44.4. The largest absolute Gasteiger partial charge is 0.479 e. The van der Waals surface area contributed by atoms with Crippen molar-refractivity contribution in [3.8, 4) is 11.8 Å². The Morgan fingerprint density at radius 1 is 1.02 bits per heavy atom. The number of carbonyl (C=O) groups is 4. The second kappa shape index (κ2) is 17.3. The fraction of sp³-hybridized carbons (Fsp3) is 0.641. The molecule has 2 saturated carbocycles. The number of nitrogens with zero attached hydrogens (tertiary/aromatic N) is 3. The van der Waals surface area contributed by atoms with Gasteiger partial charge in [-0.3, -0.25) is 19.1 Å². The minimum atomic E-state index is -4.91. The van der Waals surface area contributed by atoms with E-state index in [-0.39, 0.29) is 41.3 Å². The second-order valence-corrected chi connectivity index (χ2v) is 17.8. The zero-order valence-corrected chi connectivity index (χ0v) is 34.5. The second-order valence-electron chi connectivity index (χ2n) is 15.8. The number of nitrogens with one attached hydrogen (secondary N) is 3. The number of methoxy groups -OCH3 is 1. The Morgan fingerprint density at radius 2 is 1.66 bits per heavy atom. The maximum atomic E-state index is 14.7. The quantitative estimate of drug-likeness (QED) is 0.277. The van der Waals surface area contributed by atoms with E-state index in [1.807, 2.05) is 26.8 Å². The summed E-state index contributed by atoms with van der Waals surface area (Å²) in [4.78, 5) is 57.1. The van der Waals surface area contributed by atoms with Crippen LogP contribution in [0.3, 0.4) is 0 Å². The van der Waals surface area contributed by atoms with Crippen molar-refractivity contribution < 1.29 is 59.3 Å². The summed E-state index contributed by atoms with van der Waals surface area (Å²) in [5.74, 6) is -3.39. The van der Waals surface area contributed by atoms with Gasteiger partial charge in [-0.2, -0.15) is 13.2 Å². The lowest BCUT2D eigenvalue weighted by atomic mass is 9.88. The molecule has 326 valence electrons. The molecule has 2 aliphatic carbocycles. The van der Waals surface area contributed by atoms with Crippen LogP contribution in [0, 0.1) is 17.8 Å². The normalized spacial score (nSPS) is 28.6. The summed E-state index contributed by atoms with van der Waals surface area (Å²) >= 11 is 0. The number of alkyl halides is 3. The smallest absolute Gasteiger partial charge is 0.427 e. The van der Waals surface area contributed by atoms with E-state index >= 15 is 0 Å². The van der Waals surface area contributed by atoms with Gasteiger partial charge in [-0.15, -0.1) is 10.2 Å². The molecule has 15 nitrogen and oxygen atoms in total. The van der Waals surface area contributed by atoms with Crippen molar-refractivity contribution in [2.24, 2.45) is 17.8 Å². The Morgan fingerprint density at radius 3 is 2.28 bits per heavy atom. The molecule has 0 spiro atoms. The number of ether oxygens (including phenoxy) is 3. The van der Waals surface area contributed by atoms with Gasteiger partial charge in [-0.25, -0.2) is 13.2 Å². The van der Waals surface area contributed by atoms with Crippen molar-refractivity contribution in [1.82, 2.24) is 30.5 Å². The van der Waals surface area contributed by atoms with Crippen LogP contribution in [0.1, 0.15) is 90.8 Å². The molecule has 6 rings (SSSR count). The van der Waals surface area contributed by atoms with Crippen LogP contribution in [0.15, 0.2) is 36.4 Å². The van der Waals surface area contributed by atoms with Crippen LogP contribution in [-0.2, 0) is 29.1 Å². The Kier molecular flexibility index (Phi) is 13.2. The third kappa shape index (κ3) is 9.60. The fourth-order valence-corrected chi connectivity index (χ4v) is 8.76. The standard InChI is InChI=1S/C37H47F3N6O9S.C2H6.3H2/c1-20-10-6-7-11-22-18-36(22,33(49)45-56(51,52)24-14-15-24)42-29(47)27-17-23(54-31-26-13-9-8-12-25(26)30(53-5)43-44-31)19-46(27)32(48)28(21(2)16-20)41-34(50)55-35(3,4)37(38,39)40;1-2;;;/h7-9,11-13,20-24,27-28H,6,10,14-19H2,1-5H3,(H,41,50)(H,42,47)(H,45,49);1-2H3;3*1H/b11-7-;;;;/t20-,21-,22-,23-,27+,28+,36-;;;;/m1..../s1. The van der Waals surface area contributed by atoms with Gasteiger partial charge >= 0.3 is 12.3 Å². The average Bonchev–Trinajstić information content (AvgIpc) is 4.09. The van der Waals surface area contributed by atoms with Gasteiger partial charge in [0.05, 0.1) is 29.7 Å². The number of alkyl carbamates (subject to hydrolysis) is 1. The molecule has 19 heteroatoms. The third-order valence-corrected chi connectivity index (χ3v) is 12.8. The molecular formula is C39H59F3N6O9S. The molecule has 7 atom stereocenters. The number of fused-ring (bicyclic) bond motifs is 3. The van der Waals surface area contributed by atoms with E-state index in [1.165, 1.54) is 12.0 Å². The summed E-state index contributed by atoms with van der Waals surface area (Å²) < 4.78 is 85.3. The van der Waals surface area contributed by atoms with Crippen molar-refractivity contribution >= 4 is 44.6 Å². The van der Waals surface area contributed by atoms with E-state index in [0.717, 1.165) is 0 Å². The topological polar surface area (TPSA) is 195 Å². The number of benzene rings is 1. The van der Waals surface area contributed by atoms with Crippen molar-refractivity contribution in [2.45, 2.75) is 127 Å². The predicted octanol–water partition coefficient (Wildman–Crippen LogP) is 5.68. The number of carbonyl (C=O) groups excluding carboxylic acids is 4. The van der Waals surface area contributed by atoms with E-state index in [2.05, 4.69) is 25.6 Å². The predicted molar refractivity (Wildman–Crippen MR) is 212 cm³/mol. The molecule has 4 amide bonds. The highest BCUT2D eigenvalue weighted by Gasteiger charge is 2.62. The molecule has 1 aromatic heterocycles. The van der Waals surface area contributed by atoms with Crippen LogP contribution in [0.2, 0.25) is 0 Å². The van der Waals surface area contributed by atoms with Gasteiger partial charge in [0.2, 0.25) is 39.2 Å². The number of amides is 4. The van der Waals surface area contributed by atoms with E-state index in [4.69, 9.17) is 14.2 Å². The van der Waals surface area contributed by atoms with Gasteiger partial charge in [-0.1, -0.05) is 52.0 Å². The molecule has 3 fully saturated rings. The lowest BCUT2D eigenvalue weighted by Gasteiger charge is -2.34. The zero-order chi connectivity index (χ0) is 42.8. The summed E-state index contributed by atoms with van der Waals surface area (Å²) in [5.41, 5.74) is -4.52. The van der Waals surface area contributed by atoms with Crippen molar-refractivity contribution in [2.75, 3.05) is 13.7 Å². The third-order valence-electron chi connectivity index (χ3n) is 11.0. The van der Waals surface area contributed by atoms with Crippen LogP contribution >= 0.6 is 0 Å². The molecule has 0 radical (unpaired) electrons. The lowest BCUT2D eigenvalue weighted by Crippen LogP contribution is -2.59. The molecule has 0 bridgehead atoms. The Bertz CT molecular complexity index is 2030. The first-order chi connectivity index (χ1) is 27.3. The first-order valence-electron chi connectivity index (χ1n) is 19.6. The van der Waals surface area contributed by atoms with Gasteiger partial charge in [0.1, 0.15) is 23.7 Å². The van der Waals surface area contributed by atoms with Crippen LogP contribution in [0.25, 0.3) is 10.8 Å². The first-order valence-corrected chi connectivity index (χ1v) is 21.2. The molecule has 3 heterocycles. The summed E-state index contributed by atoms with van der Waals surface area (Å²) in [7, 11) is -2.55. The Labute approximate surface area is 340 Å². The monoisotopic (exact) mass is 844 g/mol. The molecule has 2 aliphatic heterocycles. The minimum Gasteiger partial charge on any atom is -0.479 e. The van der Waals surface area contributed by atoms with E-state index in [9.17, 15) is 40.8 Å². The number of rotatable bonds is 8. The van der Waals surface area contributed by atoms with Gasteiger partial charge in [0.15, 0.2) is 0 Å². The molecule has 4 aliphatic rings. The van der Waals surface area contributed by atoms with Gasteiger partial charge in [-0.05, 0) is 76.3 Å². The number of hydrogen-bond acceptors (Lipinski definition) is 11. The number of aromatic nitrogens is 2. The molecule has 1 aromatic carbocycles. The molecule has 0 unspecified atom stereocenters.